The Hall–Kier alpha value is -2.14. The number of carbonyl (C=O) groups is 2. The number of fused-ring (bicyclic) bond motifs is 1. The molecule has 0 N–H and O–H groups in total. The fourth-order valence-corrected chi connectivity index (χ4v) is 4.52. The summed E-state index contributed by atoms with van der Waals surface area (Å²) >= 11 is 0. The van der Waals surface area contributed by atoms with Gasteiger partial charge in [-0.3, -0.25) is 9.59 Å². The zero-order chi connectivity index (χ0) is 19.0. The Bertz CT molecular complexity index is 756. The minimum atomic E-state index is -0.667. The van der Waals surface area contributed by atoms with Crippen LogP contribution >= 0.6 is 0 Å². The van der Waals surface area contributed by atoms with E-state index >= 15 is 0 Å². The molecule has 2 saturated heterocycles. The Balaban J connectivity index is 1.47. The number of ether oxygens (including phenoxy) is 2. The minimum absolute atomic E-state index is 0.00191. The predicted molar refractivity (Wildman–Crippen MR) is 101 cm³/mol. The number of likely N-dealkylation sites (tertiary alicyclic amines) is 1. The molecule has 0 saturated carbocycles. The number of benzene rings is 1. The highest BCUT2D eigenvalue weighted by molar-refractivity contribution is 5.91. The number of hydrogen-bond acceptors (Lipinski definition) is 4. The first-order valence-corrected chi connectivity index (χ1v) is 9.92. The van der Waals surface area contributed by atoms with Crippen molar-refractivity contribution in [3.05, 3.63) is 47.5 Å². The summed E-state index contributed by atoms with van der Waals surface area (Å²) in [4.78, 5) is 27.6. The van der Waals surface area contributed by atoms with Gasteiger partial charge in [0.2, 0.25) is 5.91 Å². The van der Waals surface area contributed by atoms with Crippen LogP contribution < -0.4 is 0 Å². The molecule has 2 bridgehead atoms. The standard InChI is InChI=1S/C22H27NO4/c1-3-4-5-12-26-21(25)18-17-10-11-22(27-17)14-23(20(24)19(18)22)13-16-8-6-15(2)7-9-16/h6-11,17-19H,3-5,12-14H2,1-2H3. The molecule has 0 radical (unpaired) electrons. The summed E-state index contributed by atoms with van der Waals surface area (Å²) in [7, 11) is 0. The van der Waals surface area contributed by atoms with Gasteiger partial charge in [-0.15, -0.1) is 0 Å². The Morgan fingerprint density at radius 1 is 1.30 bits per heavy atom. The van der Waals surface area contributed by atoms with E-state index in [2.05, 4.69) is 6.92 Å². The molecule has 4 atom stereocenters. The van der Waals surface area contributed by atoms with Crippen molar-refractivity contribution in [2.75, 3.05) is 13.2 Å². The highest BCUT2D eigenvalue weighted by Gasteiger charge is 2.67. The van der Waals surface area contributed by atoms with E-state index in [0.717, 1.165) is 24.8 Å². The number of hydrogen-bond donors (Lipinski definition) is 0. The van der Waals surface area contributed by atoms with Crippen LogP contribution in [0.1, 0.15) is 37.3 Å². The molecule has 3 aliphatic heterocycles. The molecule has 5 nitrogen and oxygen atoms in total. The molecule has 3 aliphatic rings. The molecule has 0 aliphatic carbocycles. The van der Waals surface area contributed by atoms with Crippen molar-refractivity contribution in [3.8, 4) is 0 Å². The van der Waals surface area contributed by atoms with Crippen molar-refractivity contribution < 1.29 is 19.1 Å². The van der Waals surface area contributed by atoms with Crippen LogP contribution in [0, 0.1) is 18.8 Å². The number of unbranched alkanes of at least 4 members (excludes halogenated alkanes) is 2. The average Bonchev–Trinajstić information content (AvgIpc) is 3.29. The van der Waals surface area contributed by atoms with E-state index in [1.807, 2.05) is 48.2 Å². The van der Waals surface area contributed by atoms with Gasteiger partial charge in [0.25, 0.3) is 0 Å². The van der Waals surface area contributed by atoms with Gasteiger partial charge in [-0.05, 0) is 18.9 Å². The van der Waals surface area contributed by atoms with Crippen molar-refractivity contribution in [2.45, 2.75) is 51.4 Å². The number of nitrogens with zero attached hydrogens (tertiary/aromatic N) is 1. The van der Waals surface area contributed by atoms with Gasteiger partial charge in [0.15, 0.2) is 0 Å². The first-order valence-electron chi connectivity index (χ1n) is 9.92. The van der Waals surface area contributed by atoms with E-state index in [-0.39, 0.29) is 18.0 Å². The first-order chi connectivity index (χ1) is 13.0. The third kappa shape index (κ3) is 3.18. The monoisotopic (exact) mass is 369 g/mol. The van der Waals surface area contributed by atoms with Gasteiger partial charge >= 0.3 is 5.97 Å². The van der Waals surface area contributed by atoms with Crippen LogP contribution in [0.15, 0.2) is 36.4 Å². The molecule has 1 aromatic carbocycles. The lowest BCUT2D eigenvalue weighted by atomic mass is 9.77. The Morgan fingerprint density at radius 2 is 2.07 bits per heavy atom. The van der Waals surface area contributed by atoms with E-state index in [0.29, 0.717) is 19.7 Å². The number of carbonyl (C=O) groups excluding carboxylic acids is 2. The van der Waals surface area contributed by atoms with E-state index in [4.69, 9.17) is 9.47 Å². The largest absolute Gasteiger partial charge is 0.465 e. The summed E-state index contributed by atoms with van der Waals surface area (Å²) in [6.07, 6.45) is 6.55. The molecule has 1 aromatic rings. The third-order valence-corrected chi connectivity index (χ3v) is 5.94. The lowest BCUT2D eigenvalue weighted by molar-refractivity contribution is -0.154. The lowest BCUT2D eigenvalue weighted by Crippen LogP contribution is -2.40. The molecular weight excluding hydrogens is 342 g/mol. The molecule has 2 fully saturated rings. The number of aryl methyl sites for hydroxylation is 1. The quantitative estimate of drug-likeness (QED) is 0.421. The molecule has 5 heteroatoms. The van der Waals surface area contributed by atoms with Gasteiger partial charge in [0.05, 0.1) is 25.2 Å². The van der Waals surface area contributed by atoms with Crippen LogP contribution in [0.2, 0.25) is 0 Å². The second kappa shape index (κ2) is 7.12. The smallest absolute Gasteiger partial charge is 0.312 e. The second-order valence-electron chi connectivity index (χ2n) is 7.95. The maximum absolute atomic E-state index is 13.1. The van der Waals surface area contributed by atoms with Crippen LogP contribution in [0.25, 0.3) is 0 Å². The molecule has 4 rings (SSSR count). The summed E-state index contributed by atoms with van der Waals surface area (Å²) in [5.41, 5.74) is 1.61. The van der Waals surface area contributed by atoms with Crippen LogP contribution in [0.3, 0.4) is 0 Å². The SMILES string of the molecule is CCCCCOC(=O)C1C2C=CC3(CN(Cc4ccc(C)cc4)C(=O)C13)O2. The fourth-order valence-electron chi connectivity index (χ4n) is 4.52. The van der Waals surface area contributed by atoms with E-state index in [1.165, 1.54) is 5.56 Å². The van der Waals surface area contributed by atoms with Crippen LogP contribution in [0.4, 0.5) is 0 Å². The summed E-state index contributed by atoms with van der Waals surface area (Å²) in [5.74, 6) is -1.28. The molecule has 0 aromatic heterocycles. The Morgan fingerprint density at radius 3 is 2.81 bits per heavy atom. The van der Waals surface area contributed by atoms with Crippen LogP contribution in [0.5, 0.6) is 0 Å². The normalized spacial score (nSPS) is 30.8. The maximum Gasteiger partial charge on any atom is 0.312 e. The van der Waals surface area contributed by atoms with Gasteiger partial charge < -0.3 is 14.4 Å². The molecular formula is C22H27NO4. The highest BCUT2D eigenvalue weighted by atomic mass is 16.6. The van der Waals surface area contributed by atoms with Gasteiger partial charge in [0, 0.05) is 6.54 Å². The van der Waals surface area contributed by atoms with E-state index in [1.54, 1.807) is 0 Å². The van der Waals surface area contributed by atoms with Crippen LogP contribution in [-0.2, 0) is 25.6 Å². The zero-order valence-electron chi connectivity index (χ0n) is 16.0. The van der Waals surface area contributed by atoms with Crippen molar-refractivity contribution in [1.82, 2.24) is 4.90 Å². The zero-order valence-corrected chi connectivity index (χ0v) is 16.0. The van der Waals surface area contributed by atoms with Gasteiger partial charge in [-0.25, -0.2) is 0 Å². The molecule has 1 spiro atoms. The predicted octanol–water partition coefficient (Wildman–Crippen LogP) is 3.01. The molecule has 1 amide bonds. The summed E-state index contributed by atoms with van der Waals surface area (Å²) < 4.78 is 11.6. The van der Waals surface area contributed by atoms with Crippen molar-refractivity contribution in [3.63, 3.8) is 0 Å². The molecule has 144 valence electrons. The second-order valence-corrected chi connectivity index (χ2v) is 7.95. The topological polar surface area (TPSA) is 55.8 Å². The average molecular weight is 369 g/mol. The van der Waals surface area contributed by atoms with Crippen molar-refractivity contribution in [2.24, 2.45) is 11.8 Å². The molecule has 3 heterocycles. The fraction of sp³-hybridized carbons (Fsp3) is 0.545. The number of rotatable bonds is 7. The van der Waals surface area contributed by atoms with Crippen molar-refractivity contribution >= 4 is 11.9 Å². The summed E-state index contributed by atoms with van der Waals surface area (Å²) in [6, 6.07) is 8.19. The number of amides is 1. The van der Waals surface area contributed by atoms with Crippen molar-refractivity contribution in [1.29, 1.82) is 0 Å². The first kappa shape index (κ1) is 18.2. The molecule has 4 unspecified atom stereocenters. The van der Waals surface area contributed by atoms with E-state index in [9.17, 15) is 9.59 Å². The van der Waals surface area contributed by atoms with E-state index < -0.39 is 17.4 Å². The maximum atomic E-state index is 13.1. The van der Waals surface area contributed by atoms with Crippen LogP contribution in [-0.4, -0.2) is 41.6 Å². The van der Waals surface area contributed by atoms with Gasteiger partial charge in [0.1, 0.15) is 11.5 Å². The Labute approximate surface area is 160 Å². The minimum Gasteiger partial charge on any atom is -0.465 e. The lowest BCUT2D eigenvalue weighted by Gasteiger charge is -2.22. The summed E-state index contributed by atoms with van der Waals surface area (Å²) in [5, 5.41) is 0. The summed E-state index contributed by atoms with van der Waals surface area (Å²) in [6.45, 7) is 5.61. The van der Waals surface area contributed by atoms with Gasteiger partial charge in [-0.2, -0.15) is 0 Å². The molecule has 27 heavy (non-hydrogen) atoms. The van der Waals surface area contributed by atoms with Gasteiger partial charge in [-0.1, -0.05) is 61.7 Å². The highest BCUT2D eigenvalue weighted by Crippen LogP contribution is 2.52. The Kier molecular flexibility index (Phi) is 4.81. The third-order valence-electron chi connectivity index (χ3n) is 5.94. The number of esters is 1.